The maximum atomic E-state index is 12.2. The average Bonchev–Trinajstić information content (AvgIpc) is 2.83. The second kappa shape index (κ2) is 12.0. The summed E-state index contributed by atoms with van der Waals surface area (Å²) in [5.74, 6) is 1.68. The summed E-state index contributed by atoms with van der Waals surface area (Å²) >= 11 is 0. The Morgan fingerprint density at radius 3 is 2.25 bits per heavy atom. The predicted octanol–water partition coefficient (Wildman–Crippen LogP) is 4.75. The van der Waals surface area contributed by atoms with Gasteiger partial charge in [0.25, 0.3) is 5.91 Å². The van der Waals surface area contributed by atoms with E-state index < -0.39 is 6.10 Å². The highest BCUT2D eigenvalue weighted by molar-refractivity contribution is 5.84. The zero-order chi connectivity index (χ0) is 22.6. The van der Waals surface area contributed by atoms with E-state index in [0.717, 1.165) is 22.6 Å². The third-order valence-electron chi connectivity index (χ3n) is 4.39. The molecule has 0 aromatic heterocycles. The summed E-state index contributed by atoms with van der Waals surface area (Å²) in [6.45, 7) is 6.21. The van der Waals surface area contributed by atoms with Gasteiger partial charge >= 0.3 is 0 Å². The predicted molar refractivity (Wildman–Crippen MR) is 125 cm³/mol. The lowest BCUT2D eigenvalue weighted by molar-refractivity contribution is -0.127. The van der Waals surface area contributed by atoms with Crippen molar-refractivity contribution in [3.05, 3.63) is 103 Å². The summed E-state index contributed by atoms with van der Waals surface area (Å²) in [5, 5.41) is 3.98. The normalized spacial score (nSPS) is 11.5. The van der Waals surface area contributed by atoms with Crippen LogP contribution < -0.4 is 19.6 Å². The van der Waals surface area contributed by atoms with Gasteiger partial charge in [-0.05, 0) is 66.6 Å². The van der Waals surface area contributed by atoms with E-state index in [4.69, 9.17) is 14.2 Å². The van der Waals surface area contributed by atoms with E-state index in [1.807, 2.05) is 66.7 Å². The number of nitrogens with one attached hydrogen (secondary N) is 1. The van der Waals surface area contributed by atoms with Gasteiger partial charge in [0.2, 0.25) is 0 Å². The van der Waals surface area contributed by atoms with Crippen LogP contribution in [0.2, 0.25) is 0 Å². The number of amides is 1. The lowest BCUT2D eigenvalue weighted by atomic mass is 10.2. The lowest BCUT2D eigenvalue weighted by Gasteiger charge is -2.13. The van der Waals surface area contributed by atoms with Gasteiger partial charge in [-0.3, -0.25) is 4.79 Å². The van der Waals surface area contributed by atoms with Crippen LogP contribution in [0.15, 0.2) is 96.6 Å². The van der Waals surface area contributed by atoms with Crippen molar-refractivity contribution in [3.63, 3.8) is 0 Å². The molecule has 0 aliphatic carbocycles. The van der Waals surface area contributed by atoms with Crippen molar-refractivity contribution in [2.24, 2.45) is 5.10 Å². The minimum Gasteiger partial charge on any atom is -0.490 e. The largest absolute Gasteiger partial charge is 0.490 e. The van der Waals surface area contributed by atoms with Crippen LogP contribution in [0.3, 0.4) is 0 Å². The number of benzene rings is 3. The first-order chi connectivity index (χ1) is 15.6. The Kier molecular flexibility index (Phi) is 8.45. The summed E-state index contributed by atoms with van der Waals surface area (Å²) in [4.78, 5) is 12.2. The highest BCUT2D eigenvalue weighted by atomic mass is 16.5. The van der Waals surface area contributed by atoms with Gasteiger partial charge in [-0.1, -0.05) is 43.0 Å². The molecule has 0 saturated heterocycles. The molecule has 0 aliphatic rings. The van der Waals surface area contributed by atoms with Crippen molar-refractivity contribution in [1.82, 2.24) is 5.43 Å². The number of carbonyl (C=O) groups excluding carboxylic acids is 1. The van der Waals surface area contributed by atoms with Gasteiger partial charge in [-0.25, -0.2) is 5.43 Å². The van der Waals surface area contributed by atoms with Crippen LogP contribution in [0.25, 0.3) is 0 Å². The molecule has 1 unspecified atom stereocenters. The average molecular weight is 431 g/mol. The molecule has 1 amide bonds. The summed E-state index contributed by atoms with van der Waals surface area (Å²) in [7, 11) is 0. The number of nitrogens with zero attached hydrogens (tertiary/aromatic N) is 1. The van der Waals surface area contributed by atoms with Gasteiger partial charge in [-0.2, -0.15) is 5.10 Å². The molecular weight excluding hydrogens is 404 g/mol. The van der Waals surface area contributed by atoms with Gasteiger partial charge < -0.3 is 14.2 Å². The molecular formula is C26H26N2O4. The van der Waals surface area contributed by atoms with E-state index in [9.17, 15) is 4.79 Å². The molecule has 3 aromatic rings. The highest BCUT2D eigenvalue weighted by Crippen LogP contribution is 2.19. The molecule has 0 fully saturated rings. The van der Waals surface area contributed by atoms with Gasteiger partial charge in [0.1, 0.15) is 30.5 Å². The molecule has 1 N–H and O–H groups in total. The fourth-order valence-corrected chi connectivity index (χ4v) is 2.68. The molecule has 3 aromatic carbocycles. The van der Waals surface area contributed by atoms with E-state index in [2.05, 4.69) is 17.1 Å². The number of hydrogen-bond acceptors (Lipinski definition) is 5. The summed E-state index contributed by atoms with van der Waals surface area (Å²) in [5.41, 5.74) is 4.41. The van der Waals surface area contributed by atoms with Crippen LogP contribution in [0.4, 0.5) is 0 Å². The monoisotopic (exact) mass is 430 g/mol. The molecule has 0 heterocycles. The van der Waals surface area contributed by atoms with Gasteiger partial charge in [0.15, 0.2) is 6.10 Å². The summed E-state index contributed by atoms with van der Waals surface area (Å²) < 4.78 is 16.9. The first-order valence-electron chi connectivity index (χ1n) is 10.2. The first-order valence-corrected chi connectivity index (χ1v) is 10.2. The number of carbonyl (C=O) groups is 1. The smallest absolute Gasteiger partial charge is 0.280 e. The maximum absolute atomic E-state index is 12.2. The van der Waals surface area contributed by atoms with Crippen LogP contribution in [-0.2, 0) is 11.4 Å². The third-order valence-corrected chi connectivity index (χ3v) is 4.39. The zero-order valence-corrected chi connectivity index (χ0v) is 17.9. The Morgan fingerprint density at radius 2 is 1.56 bits per heavy atom. The minimum atomic E-state index is -0.710. The Bertz CT molecular complexity index is 1020. The lowest BCUT2D eigenvalue weighted by Crippen LogP contribution is -2.33. The molecule has 0 radical (unpaired) electrons. The molecule has 1 atom stereocenters. The van der Waals surface area contributed by atoms with Gasteiger partial charge in [0, 0.05) is 0 Å². The fourth-order valence-electron chi connectivity index (χ4n) is 2.68. The van der Waals surface area contributed by atoms with E-state index in [1.54, 1.807) is 31.3 Å². The Balaban J connectivity index is 1.43. The molecule has 164 valence electrons. The van der Waals surface area contributed by atoms with Crippen LogP contribution in [0.5, 0.6) is 17.2 Å². The van der Waals surface area contributed by atoms with E-state index in [0.29, 0.717) is 19.0 Å². The molecule has 0 bridgehead atoms. The molecule has 3 rings (SSSR count). The van der Waals surface area contributed by atoms with E-state index in [-0.39, 0.29) is 5.91 Å². The molecule has 0 spiro atoms. The topological polar surface area (TPSA) is 69.2 Å². The minimum absolute atomic E-state index is 0.350. The van der Waals surface area contributed by atoms with Gasteiger partial charge in [-0.15, -0.1) is 0 Å². The van der Waals surface area contributed by atoms with Crippen LogP contribution >= 0.6 is 0 Å². The van der Waals surface area contributed by atoms with Crippen molar-refractivity contribution in [3.8, 4) is 17.2 Å². The number of hydrogen-bond donors (Lipinski definition) is 1. The van der Waals surface area contributed by atoms with Crippen molar-refractivity contribution in [1.29, 1.82) is 0 Å². The molecule has 6 nitrogen and oxygen atoms in total. The maximum Gasteiger partial charge on any atom is 0.280 e. The highest BCUT2D eigenvalue weighted by Gasteiger charge is 2.14. The SMILES string of the molecule is C=CCOc1ccc(/C=N/NC(=O)C(C)Oc2ccc(OCc3ccccc3)cc2)cc1. The van der Waals surface area contributed by atoms with Crippen LogP contribution in [0.1, 0.15) is 18.1 Å². The second-order valence-electron chi connectivity index (χ2n) is 6.91. The number of ether oxygens (including phenoxy) is 3. The first kappa shape index (κ1) is 22.6. The molecule has 0 aliphatic heterocycles. The van der Waals surface area contributed by atoms with Crippen LogP contribution in [-0.4, -0.2) is 24.8 Å². The molecule has 32 heavy (non-hydrogen) atoms. The van der Waals surface area contributed by atoms with E-state index >= 15 is 0 Å². The van der Waals surface area contributed by atoms with Gasteiger partial charge in [0.05, 0.1) is 6.21 Å². The van der Waals surface area contributed by atoms with E-state index in [1.165, 1.54) is 0 Å². The number of rotatable bonds is 11. The van der Waals surface area contributed by atoms with Crippen LogP contribution in [0, 0.1) is 0 Å². The van der Waals surface area contributed by atoms with Crippen molar-refractivity contribution < 1.29 is 19.0 Å². The third kappa shape index (κ3) is 7.32. The Labute approximate surface area is 188 Å². The van der Waals surface area contributed by atoms with Crippen molar-refractivity contribution in [2.75, 3.05) is 6.61 Å². The standard InChI is InChI=1S/C26H26N2O4/c1-3-17-30-23-11-9-21(10-12-23)18-27-28-26(29)20(2)32-25-15-13-24(14-16-25)31-19-22-7-5-4-6-8-22/h3-16,18,20H,1,17,19H2,2H3,(H,28,29)/b27-18+. The van der Waals surface area contributed by atoms with Crippen molar-refractivity contribution in [2.45, 2.75) is 19.6 Å². The molecule has 0 saturated carbocycles. The molecule has 6 heteroatoms. The Morgan fingerprint density at radius 1 is 0.938 bits per heavy atom. The quantitative estimate of drug-likeness (QED) is 0.271. The summed E-state index contributed by atoms with van der Waals surface area (Å²) in [6, 6.07) is 24.4. The van der Waals surface area contributed by atoms with Crippen molar-refractivity contribution >= 4 is 12.1 Å². The zero-order valence-electron chi connectivity index (χ0n) is 17.9. The summed E-state index contributed by atoms with van der Waals surface area (Å²) in [6.07, 6.45) is 2.53. The Hall–Kier alpha value is -4.06. The second-order valence-corrected chi connectivity index (χ2v) is 6.91. The number of hydrazone groups is 1. The fraction of sp³-hybridized carbons (Fsp3) is 0.154.